The number of amides is 1. The maximum atomic E-state index is 11.8. The van der Waals surface area contributed by atoms with Crippen LogP contribution in [-0.2, 0) is 11.4 Å². The van der Waals surface area contributed by atoms with E-state index in [-0.39, 0.29) is 19.1 Å². The summed E-state index contributed by atoms with van der Waals surface area (Å²) in [6.07, 6.45) is 0. The lowest BCUT2D eigenvalue weighted by molar-refractivity contribution is -0.118. The van der Waals surface area contributed by atoms with Crippen molar-refractivity contribution in [2.24, 2.45) is 0 Å². The summed E-state index contributed by atoms with van der Waals surface area (Å²) in [7, 11) is 0. The van der Waals surface area contributed by atoms with Crippen LogP contribution in [0.2, 0.25) is 5.02 Å². The van der Waals surface area contributed by atoms with Gasteiger partial charge in [0.25, 0.3) is 5.91 Å². The van der Waals surface area contributed by atoms with Crippen LogP contribution in [0.15, 0.2) is 42.5 Å². The Morgan fingerprint density at radius 3 is 2.57 bits per heavy atom. The number of hydrogen-bond donors (Lipinski definition) is 2. The van der Waals surface area contributed by atoms with Crippen molar-refractivity contribution in [1.29, 1.82) is 0 Å². The second-order valence-electron chi connectivity index (χ2n) is 4.60. The van der Waals surface area contributed by atoms with Crippen molar-refractivity contribution < 1.29 is 14.6 Å². The molecule has 21 heavy (non-hydrogen) atoms. The third kappa shape index (κ3) is 4.48. The molecular weight excluding hydrogens is 290 g/mol. The molecule has 2 rings (SSSR count). The molecular formula is C16H16ClNO3. The molecule has 5 heteroatoms. The smallest absolute Gasteiger partial charge is 0.262 e. The van der Waals surface area contributed by atoms with Crippen LogP contribution >= 0.6 is 11.6 Å². The van der Waals surface area contributed by atoms with Gasteiger partial charge in [0.1, 0.15) is 5.75 Å². The van der Waals surface area contributed by atoms with Crippen molar-refractivity contribution in [2.45, 2.75) is 13.5 Å². The second-order valence-corrected chi connectivity index (χ2v) is 5.01. The Balaban J connectivity index is 1.87. The summed E-state index contributed by atoms with van der Waals surface area (Å²) < 4.78 is 5.41. The number of benzene rings is 2. The van der Waals surface area contributed by atoms with Crippen LogP contribution in [0.25, 0.3) is 0 Å². The first-order valence-electron chi connectivity index (χ1n) is 6.47. The number of carbonyl (C=O) groups excluding carboxylic acids is 1. The Kier molecular flexibility index (Phi) is 5.20. The van der Waals surface area contributed by atoms with Crippen molar-refractivity contribution in [1.82, 2.24) is 0 Å². The van der Waals surface area contributed by atoms with E-state index < -0.39 is 0 Å². The van der Waals surface area contributed by atoms with Crippen molar-refractivity contribution in [3.63, 3.8) is 0 Å². The molecule has 0 aliphatic heterocycles. The third-order valence-electron chi connectivity index (χ3n) is 2.92. The monoisotopic (exact) mass is 305 g/mol. The molecule has 0 bridgehead atoms. The molecule has 0 fully saturated rings. The number of aliphatic hydroxyl groups is 1. The molecule has 110 valence electrons. The first-order chi connectivity index (χ1) is 10.1. The largest absolute Gasteiger partial charge is 0.484 e. The molecule has 0 atom stereocenters. The predicted molar refractivity (Wildman–Crippen MR) is 82.7 cm³/mol. The number of rotatable bonds is 5. The van der Waals surface area contributed by atoms with Gasteiger partial charge in [-0.05, 0) is 48.4 Å². The summed E-state index contributed by atoms with van der Waals surface area (Å²) in [6, 6.07) is 12.2. The van der Waals surface area contributed by atoms with Crippen molar-refractivity contribution in [3.8, 4) is 5.75 Å². The van der Waals surface area contributed by atoms with Gasteiger partial charge in [0.2, 0.25) is 0 Å². The van der Waals surface area contributed by atoms with Gasteiger partial charge in [0, 0.05) is 10.7 Å². The van der Waals surface area contributed by atoms with E-state index in [0.29, 0.717) is 16.5 Å². The number of nitrogens with one attached hydrogen (secondary N) is 1. The molecule has 0 unspecified atom stereocenters. The fraction of sp³-hybridized carbons (Fsp3) is 0.188. The Bertz CT molecular complexity index is 626. The third-order valence-corrected chi connectivity index (χ3v) is 3.34. The van der Waals surface area contributed by atoms with Gasteiger partial charge < -0.3 is 15.2 Å². The number of carbonyl (C=O) groups is 1. The van der Waals surface area contributed by atoms with Crippen LogP contribution < -0.4 is 10.1 Å². The molecule has 0 saturated carbocycles. The van der Waals surface area contributed by atoms with Gasteiger partial charge in [0.15, 0.2) is 6.61 Å². The fourth-order valence-electron chi connectivity index (χ4n) is 1.75. The molecule has 2 N–H and O–H groups in total. The van der Waals surface area contributed by atoms with E-state index in [1.54, 1.807) is 42.5 Å². The summed E-state index contributed by atoms with van der Waals surface area (Å²) in [4.78, 5) is 11.8. The maximum Gasteiger partial charge on any atom is 0.262 e. The zero-order valence-electron chi connectivity index (χ0n) is 11.6. The topological polar surface area (TPSA) is 58.6 Å². The average molecular weight is 306 g/mol. The van der Waals surface area contributed by atoms with Gasteiger partial charge in [-0.25, -0.2) is 0 Å². The zero-order chi connectivity index (χ0) is 15.2. The molecule has 1 amide bonds. The lowest BCUT2D eigenvalue weighted by Crippen LogP contribution is -2.20. The zero-order valence-corrected chi connectivity index (χ0v) is 12.4. The Labute approximate surface area is 128 Å². The van der Waals surface area contributed by atoms with E-state index >= 15 is 0 Å². The second kappa shape index (κ2) is 7.11. The number of ether oxygens (including phenoxy) is 1. The highest BCUT2D eigenvalue weighted by Gasteiger charge is 2.05. The van der Waals surface area contributed by atoms with Gasteiger partial charge in [-0.1, -0.05) is 23.7 Å². The normalized spacial score (nSPS) is 10.2. The lowest BCUT2D eigenvalue weighted by Gasteiger charge is -2.09. The average Bonchev–Trinajstić information content (AvgIpc) is 2.49. The summed E-state index contributed by atoms with van der Waals surface area (Å²) in [6.45, 7) is 1.77. The van der Waals surface area contributed by atoms with E-state index in [1.807, 2.05) is 6.92 Å². The molecule has 2 aromatic carbocycles. The first-order valence-corrected chi connectivity index (χ1v) is 6.85. The van der Waals surface area contributed by atoms with Crippen LogP contribution in [0, 0.1) is 6.92 Å². The van der Waals surface area contributed by atoms with Crippen LogP contribution in [0.5, 0.6) is 5.75 Å². The van der Waals surface area contributed by atoms with E-state index in [1.165, 1.54) is 0 Å². The van der Waals surface area contributed by atoms with Crippen LogP contribution in [0.3, 0.4) is 0 Å². The molecule has 0 aromatic heterocycles. The minimum Gasteiger partial charge on any atom is -0.484 e. The number of anilines is 1. The van der Waals surface area contributed by atoms with Crippen LogP contribution in [0.4, 0.5) is 5.69 Å². The maximum absolute atomic E-state index is 11.8. The number of halogens is 1. The standard InChI is InChI=1S/C16H16ClNO3/c1-11-8-14(6-7-15(11)17)21-10-16(20)18-13-4-2-12(9-19)3-5-13/h2-8,19H,9-10H2,1H3,(H,18,20). The van der Waals surface area contributed by atoms with Gasteiger partial charge in [-0.15, -0.1) is 0 Å². The quantitative estimate of drug-likeness (QED) is 0.892. The van der Waals surface area contributed by atoms with Gasteiger partial charge in [-0.3, -0.25) is 4.79 Å². The van der Waals surface area contributed by atoms with Crippen molar-refractivity contribution in [3.05, 3.63) is 58.6 Å². The summed E-state index contributed by atoms with van der Waals surface area (Å²) >= 11 is 5.92. The molecule has 0 radical (unpaired) electrons. The Morgan fingerprint density at radius 2 is 1.95 bits per heavy atom. The van der Waals surface area contributed by atoms with E-state index in [2.05, 4.69) is 5.32 Å². The minimum atomic E-state index is -0.251. The first kappa shape index (κ1) is 15.4. The van der Waals surface area contributed by atoms with Crippen molar-refractivity contribution >= 4 is 23.2 Å². The fourth-order valence-corrected chi connectivity index (χ4v) is 1.86. The highest BCUT2D eigenvalue weighted by atomic mass is 35.5. The molecule has 0 heterocycles. The Hall–Kier alpha value is -2.04. The number of aryl methyl sites for hydroxylation is 1. The highest BCUT2D eigenvalue weighted by molar-refractivity contribution is 6.31. The minimum absolute atomic E-state index is 0.0206. The Morgan fingerprint density at radius 1 is 1.24 bits per heavy atom. The molecule has 0 aliphatic rings. The van der Waals surface area contributed by atoms with E-state index in [4.69, 9.17) is 21.4 Å². The van der Waals surface area contributed by atoms with Gasteiger partial charge in [-0.2, -0.15) is 0 Å². The lowest BCUT2D eigenvalue weighted by atomic mass is 10.2. The molecule has 0 aliphatic carbocycles. The van der Waals surface area contributed by atoms with E-state index in [9.17, 15) is 4.79 Å². The van der Waals surface area contributed by atoms with Gasteiger partial charge >= 0.3 is 0 Å². The molecule has 4 nitrogen and oxygen atoms in total. The molecule has 0 spiro atoms. The summed E-state index contributed by atoms with van der Waals surface area (Å²) in [5, 5.41) is 12.3. The SMILES string of the molecule is Cc1cc(OCC(=O)Nc2ccc(CO)cc2)ccc1Cl. The highest BCUT2D eigenvalue weighted by Crippen LogP contribution is 2.21. The number of aliphatic hydroxyl groups excluding tert-OH is 1. The number of hydrogen-bond acceptors (Lipinski definition) is 3. The van der Waals surface area contributed by atoms with Crippen molar-refractivity contribution in [2.75, 3.05) is 11.9 Å². The predicted octanol–water partition coefficient (Wildman–Crippen LogP) is 3.16. The summed E-state index contributed by atoms with van der Waals surface area (Å²) in [5.74, 6) is 0.349. The van der Waals surface area contributed by atoms with Gasteiger partial charge in [0.05, 0.1) is 6.61 Å². The molecule has 2 aromatic rings. The van der Waals surface area contributed by atoms with Crippen LogP contribution in [0.1, 0.15) is 11.1 Å². The van der Waals surface area contributed by atoms with E-state index in [0.717, 1.165) is 11.1 Å². The van der Waals surface area contributed by atoms with Crippen LogP contribution in [-0.4, -0.2) is 17.6 Å². The summed E-state index contributed by atoms with van der Waals surface area (Å²) in [5.41, 5.74) is 2.35. The molecule has 0 saturated heterocycles.